The molecule has 3 heteroatoms. The second-order valence-corrected chi connectivity index (χ2v) is 4.40. The van der Waals surface area contributed by atoms with Crippen LogP contribution in [0.15, 0.2) is 0 Å². The summed E-state index contributed by atoms with van der Waals surface area (Å²) in [6.45, 7) is 3.73. The zero-order chi connectivity index (χ0) is 9.80. The van der Waals surface area contributed by atoms with Crippen LogP contribution in [0, 0.1) is 17.2 Å². The predicted octanol–water partition coefficient (Wildman–Crippen LogP) is 1.40. The van der Waals surface area contributed by atoms with Crippen molar-refractivity contribution in [1.29, 1.82) is 5.26 Å². The minimum atomic E-state index is -0.190. The SMILES string of the molecule is N#CC1CN(CC2CCCC2)CCO1. The lowest BCUT2D eigenvalue weighted by Gasteiger charge is -2.31. The van der Waals surface area contributed by atoms with Crippen molar-refractivity contribution in [3.63, 3.8) is 0 Å². The Morgan fingerprint density at radius 2 is 2.14 bits per heavy atom. The van der Waals surface area contributed by atoms with Crippen LogP contribution in [0.4, 0.5) is 0 Å². The first-order valence-corrected chi connectivity index (χ1v) is 5.62. The van der Waals surface area contributed by atoms with Gasteiger partial charge in [-0.3, -0.25) is 4.90 Å². The molecule has 1 aliphatic heterocycles. The molecule has 1 atom stereocenters. The summed E-state index contributed by atoms with van der Waals surface area (Å²) in [6, 6.07) is 2.19. The topological polar surface area (TPSA) is 36.3 Å². The van der Waals surface area contributed by atoms with Crippen LogP contribution in [0.5, 0.6) is 0 Å². The lowest BCUT2D eigenvalue weighted by molar-refractivity contribution is -0.00469. The van der Waals surface area contributed by atoms with Crippen LogP contribution in [0.1, 0.15) is 25.7 Å². The average molecular weight is 194 g/mol. The van der Waals surface area contributed by atoms with Crippen LogP contribution in [0.25, 0.3) is 0 Å². The summed E-state index contributed by atoms with van der Waals surface area (Å²) in [5.41, 5.74) is 0. The molecular weight excluding hydrogens is 176 g/mol. The summed E-state index contributed by atoms with van der Waals surface area (Å²) in [5, 5.41) is 8.77. The largest absolute Gasteiger partial charge is 0.361 e. The first kappa shape index (κ1) is 9.95. The van der Waals surface area contributed by atoms with Crippen LogP contribution < -0.4 is 0 Å². The Labute approximate surface area is 85.6 Å². The number of morpholine rings is 1. The zero-order valence-corrected chi connectivity index (χ0v) is 8.61. The van der Waals surface area contributed by atoms with Gasteiger partial charge in [-0.05, 0) is 18.8 Å². The molecule has 2 fully saturated rings. The number of rotatable bonds is 2. The molecule has 1 aliphatic carbocycles. The molecule has 78 valence electrons. The molecular formula is C11H18N2O. The molecule has 0 aromatic carbocycles. The summed E-state index contributed by atoms with van der Waals surface area (Å²) in [4.78, 5) is 2.40. The molecule has 2 aliphatic rings. The van der Waals surface area contributed by atoms with E-state index in [2.05, 4.69) is 11.0 Å². The molecule has 1 saturated heterocycles. The predicted molar refractivity (Wildman–Crippen MR) is 53.8 cm³/mol. The Morgan fingerprint density at radius 3 is 2.86 bits per heavy atom. The van der Waals surface area contributed by atoms with Gasteiger partial charge >= 0.3 is 0 Å². The summed E-state index contributed by atoms with van der Waals surface area (Å²) < 4.78 is 5.32. The summed E-state index contributed by atoms with van der Waals surface area (Å²) in [7, 11) is 0. The van der Waals surface area contributed by atoms with Crippen molar-refractivity contribution >= 4 is 0 Å². The maximum atomic E-state index is 8.77. The van der Waals surface area contributed by atoms with Crippen molar-refractivity contribution in [2.24, 2.45) is 5.92 Å². The highest BCUT2D eigenvalue weighted by atomic mass is 16.5. The fraction of sp³-hybridized carbons (Fsp3) is 0.909. The van der Waals surface area contributed by atoms with Gasteiger partial charge in [-0.25, -0.2) is 0 Å². The molecule has 14 heavy (non-hydrogen) atoms. The van der Waals surface area contributed by atoms with Crippen LogP contribution in [0.3, 0.4) is 0 Å². The maximum Gasteiger partial charge on any atom is 0.156 e. The number of nitrogens with zero attached hydrogens (tertiary/aromatic N) is 2. The van der Waals surface area contributed by atoms with E-state index in [1.165, 1.54) is 32.2 Å². The van der Waals surface area contributed by atoms with E-state index in [1.54, 1.807) is 0 Å². The standard InChI is InChI=1S/C11H18N2O/c12-7-11-9-13(5-6-14-11)8-10-3-1-2-4-10/h10-11H,1-6,8-9H2. The van der Waals surface area contributed by atoms with E-state index < -0.39 is 0 Å². The van der Waals surface area contributed by atoms with Crippen molar-refractivity contribution in [2.75, 3.05) is 26.2 Å². The number of hydrogen-bond acceptors (Lipinski definition) is 3. The number of nitriles is 1. The van der Waals surface area contributed by atoms with Crippen molar-refractivity contribution in [1.82, 2.24) is 4.90 Å². The molecule has 0 aromatic heterocycles. The lowest BCUT2D eigenvalue weighted by Crippen LogP contribution is -2.43. The molecule has 1 saturated carbocycles. The van der Waals surface area contributed by atoms with Gasteiger partial charge in [-0.1, -0.05) is 12.8 Å². The quantitative estimate of drug-likeness (QED) is 0.666. The molecule has 1 unspecified atom stereocenters. The summed E-state index contributed by atoms with van der Waals surface area (Å²) >= 11 is 0. The minimum absolute atomic E-state index is 0.190. The molecule has 0 spiro atoms. The first-order valence-electron chi connectivity index (χ1n) is 5.62. The third-order valence-corrected chi connectivity index (χ3v) is 3.29. The number of ether oxygens (including phenoxy) is 1. The molecule has 2 rings (SSSR count). The van der Waals surface area contributed by atoms with Gasteiger partial charge in [0, 0.05) is 19.6 Å². The molecule has 0 aromatic rings. The van der Waals surface area contributed by atoms with Gasteiger partial charge in [0.1, 0.15) is 0 Å². The van der Waals surface area contributed by atoms with Gasteiger partial charge in [0.05, 0.1) is 12.7 Å². The Hall–Kier alpha value is -0.590. The van der Waals surface area contributed by atoms with E-state index in [1.807, 2.05) is 0 Å². The van der Waals surface area contributed by atoms with E-state index in [9.17, 15) is 0 Å². The van der Waals surface area contributed by atoms with Crippen molar-refractivity contribution in [3.8, 4) is 6.07 Å². The minimum Gasteiger partial charge on any atom is -0.361 e. The monoisotopic (exact) mass is 194 g/mol. The average Bonchev–Trinajstić information content (AvgIpc) is 2.71. The van der Waals surface area contributed by atoms with Gasteiger partial charge < -0.3 is 4.74 Å². The van der Waals surface area contributed by atoms with Gasteiger partial charge in [0.15, 0.2) is 6.10 Å². The molecule has 0 amide bonds. The Bertz CT molecular complexity index is 218. The van der Waals surface area contributed by atoms with Crippen molar-refractivity contribution in [3.05, 3.63) is 0 Å². The van der Waals surface area contributed by atoms with Crippen LogP contribution in [0.2, 0.25) is 0 Å². The second-order valence-electron chi connectivity index (χ2n) is 4.40. The number of hydrogen-bond donors (Lipinski definition) is 0. The van der Waals surface area contributed by atoms with Gasteiger partial charge in [-0.2, -0.15) is 5.26 Å². The van der Waals surface area contributed by atoms with E-state index in [0.29, 0.717) is 0 Å². The molecule has 1 heterocycles. The fourth-order valence-corrected chi connectivity index (χ4v) is 2.50. The Balaban J connectivity index is 1.77. The molecule has 3 nitrogen and oxygen atoms in total. The lowest BCUT2D eigenvalue weighted by atomic mass is 10.1. The van der Waals surface area contributed by atoms with E-state index in [4.69, 9.17) is 10.00 Å². The molecule has 0 N–H and O–H groups in total. The van der Waals surface area contributed by atoms with Crippen LogP contribution >= 0.6 is 0 Å². The normalized spacial score (nSPS) is 30.4. The third kappa shape index (κ3) is 2.46. The van der Waals surface area contributed by atoms with Gasteiger partial charge in [-0.15, -0.1) is 0 Å². The molecule has 0 bridgehead atoms. The fourth-order valence-electron chi connectivity index (χ4n) is 2.50. The zero-order valence-electron chi connectivity index (χ0n) is 8.61. The highest BCUT2D eigenvalue weighted by molar-refractivity contribution is 4.89. The second kappa shape index (κ2) is 4.77. The first-order chi connectivity index (χ1) is 6.88. The van der Waals surface area contributed by atoms with Crippen molar-refractivity contribution < 1.29 is 4.74 Å². The van der Waals surface area contributed by atoms with Gasteiger partial charge in [0.25, 0.3) is 0 Å². The Morgan fingerprint density at radius 1 is 1.36 bits per heavy atom. The summed E-state index contributed by atoms with van der Waals surface area (Å²) in [6.07, 6.45) is 5.38. The van der Waals surface area contributed by atoms with Crippen LogP contribution in [-0.2, 0) is 4.74 Å². The highest BCUT2D eigenvalue weighted by Gasteiger charge is 2.23. The van der Waals surface area contributed by atoms with E-state index in [-0.39, 0.29) is 6.10 Å². The maximum absolute atomic E-state index is 8.77. The smallest absolute Gasteiger partial charge is 0.156 e. The third-order valence-electron chi connectivity index (χ3n) is 3.29. The van der Waals surface area contributed by atoms with E-state index in [0.717, 1.165) is 25.6 Å². The van der Waals surface area contributed by atoms with Crippen molar-refractivity contribution in [2.45, 2.75) is 31.8 Å². The van der Waals surface area contributed by atoms with E-state index >= 15 is 0 Å². The highest BCUT2D eigenvalue weighted by Crippen LogP contribution is 2.25. The van der Waals surface area contributed by atoms with Crippen LogP contribution in [-0.4, -0.2) is 37.2 Å². The van der Waals surface area contributed by atoms with Gasteiger partial charge in [0.2, 0.25) is 0 Å². The Kier molecular flexibility index (Phi) is 3.39. The molecule has 0 radical (unpaired) electrons. The summed E-state index contributed by atoms with van der Waals surface area (Å²) in [5.74, 6) is 0.882.